The van der Waals surface area contributed by atoms with Gasteiger partial charge in [0.1, 0.15) is 6.07 Å². The second kappa shape index (κ2) is 8.16. The average molecular weight is 325 g/mol. The van der Waals surface area contributed by atoms with Gasteiger partial charge in [0.25, 0.3) is 5.88 Å². The molecule has 24 heavy (non-hydrogen) atoms. The van der Waals surface area contributed by atoms with Gasteiger partial charge in [-0.1, -0.05) is 26.0 Å². The fraction of sp³-hybridized carbons (Fsp3) is 0.389. The molecule has 0 amide bonds. The Morgan fingerprint density at radius 3 is 2.50 bits per heavy atom. The van der Waals surface area contributed by atoms with Crippen LogP contribution in [-0.2, 0) is 0 Å². The van der Waals surface area contributed by atoms with E-state index in [1.165, 1.54) is 5.69 Å². The van der Waals surface area contributed by atoms with Gasteiger partial charge in [0.05, 0.1) is 6.21 Å². The lowest BCUT2D eigenvalue weighted by molar-refractivity contribution is 0.481. The van der Waals surface area contributed by atoms with E-state index in [9.17, 15) is 0 Å². The first kappa shape index (κ1) is 17.5. The summed E-state index contributed by atoms with van der Waals surface area (Å²) in [5, 5.41) is 13.2. The molecule has 126 valence electrons. The molecule has 2 aromatic rings. The number of hydrazone groups is 1. The predicted octanol–water partition coefficient (Wildman–Crippen LogP) is 3.96. The molecule has 0 bridgehead atoms. The number of hydrogen-bond donors (Lipinski definition) is 1. The van der Waals surface area contributed by atoms with Gasteiger partial charge in [0.15, 0.2) is 0 Å². The maximum Gasteiger partial charge on any atom is 0.252 e. The molecule has 0 aliphatic rings. The Morgan fingerprint density at radius 1 is 1.29 bits per heavy atom. The van der Waals surface area contributed by atoms with Crippen LogP contribution in [0.5, 0.6) is 0 Å². The summed E-state index contributed by atoms with van der Waals surface area (Å²) in [6.45, 7) is 10.1. The van der Waals surface area contributed by atoms with Gasteiger partial charge in [0.2, 0.25) is 11.6 Å². The lowest BCUT2D eigenvalue weighted by Crippen LogP contribution is -2.21. The zero-order valence-corrected chi connectivity index (χ0v) is 14.6. The molecule has 0 saturated carbocycles. The summed E-state index contributed by atoms with van der Waals surface area (Å²) in [7, 11) is 0. The Hall–Kier alpha value is -2.81. The van der Waals surface area contributed by atoms with Gasteiger partial charge in [0, 0.05) is 24.7 Å². The van der Waals surface area contributed by atoms with Gasteiger partial charge < -0.3 is 9.32 Å². The SMILES string of the molecule is CCN(CC)c1ccc(/C=N/Nc2oc(C(C)C)nc2C#N)cc1. The van der Waals surface area contributed by atoms with Crippen molar-refractivity contribution in [2.24, 2.45) is 5.10 Å². The fourth-order valence-corrected chi connectivity index (χ4v) is 2.26. The van der Waals surface area contributed by atoms with E-state index < -0.39 is 0 Å². The van der Waals surface area contributed by atoms with Crippen molar-refractivity contribution in [1.82, 2.24) is 4.98 Å². The predicted molar refractivity (Wildman–Crippen MR) is 96.5 cm³/mol. The highest BCUT2D eigenvalue weighted by Gasteiger charge is 2.14. The number of benzene rings is 1. The number of nitrogens with one attached hydrogen (secondary N) is 1. The quantitative estimate of drug-likeness (QED) is 0.616. The molecule has 1 N–H and O–H groups in total. The molecule has 6 heteroatoms. The summed E-state index contributed by atoms with van der Waals surface area (Å²) in [6, 6.07) is 10.2. The molecule has 0 aliphatic carbocycles. The van der Waals surface area contributed by atoms with Gasteiger partial charge >= 0.3 is 0 Å². The van der Waals surface area contributed by atoms with E-state index in [-0.39, 0.29) is 17.5 Å². The molecule has 6 nitrogen and oxygen atoms in total. The summed E-state index contributed by atoms with van der Waals surface area (Å²) in [4.78, 5) is 6.41. The number of rotatable bonds is 7. The third kappa shape index (κ3) is 4.13. The van der Waals surface area contributed by atoms with Crippen LogP contribution < -0.4 is 10.3 Å². The highest BCUT2D eigenvalue weighted by atomic mass is 16.4. The van der Waals surface area contributed by atoms with Crippen molar-refractivity contribution in [3.8, 4) is 6.07 Å². The van der Waals surface area contributed by atoms with Crippen molar-refractivity contribution in [3.63, 3.8) is 0 Å². The third-order valence-electron chi connectivity index (χ3n) is 3.64. The van der Waals surface area contributed by atoms with E-state index in [2.05, 4.69) is 46.4 Å². The molecule has 1 heterocycles. The third-order valence-corrected chi connectivity index (χ3v) is 3.64. The summed E-state index contributed by atoms with van der Waals surface area (Å²) in [5.41, 5.74) is 5.12. The van der Waals surface area contributed by atoms with Crippen LogP contribution in [0.15, 0.2) is 33.8 Å². The van der Waals surface area contributed by atoms with Crippen LogP contribution in [0.3, 0.4) is 0 Å². The molecule has 2 rings (SSSR count). The molecular weight excluding hydrogens is 302 g/mol. The van der Waals surface area contributed by atoms with E-state index in [0.717, 1.165) is 18.7 Å². The Kier molecular flexibility index (Phi) is 5.96. The molecule has 0 spiro atoms. The van der Waals surface area contributed by atoms with Gasteiger partial charge in [-0.25, -0.2) is 10.4 Å². The van der Waals surface area contributed by atoms with Crippen LogP contribution >= 0.6 is 0 Å². The standard InChI is InChI=1S/C18H23N5O/c1-5-23(6-2)15-9-7-14(8-10-15)12-20-22-18-16(11-19)21-17(24-18)13(3)4/h7-10,12-13,22H,5-6H2,1-4H3/b20-12+. The topological polar surface area (TPSA) is 77.4 Å². The van der Waals surface area contributed by atoms with Crippen molar-refractivity contribution >= 4 is 17.8 Å². The minimum Gasteiger partial charge on any atom is -0.422 e. The molecule has 0 fully saturated rings. The van der Waals surface area contributed by atoms with Gasteiger partial charge in [-0.2, -0.15) is 10.4 Å². The monoisotopic (exact) mass is 325 g/mol. The molecule has 1 aromatic heterocycles. The van der Waals surface area contributed by atoms with E-state index >= 15 is 0 Å². The second-order valence-corrected chi connectivity index (χ2v) is 5.63. The van der Waals surface area contributed by atoms with Gasteiger partial charge in [-0.3, -0.25) is 0 Å². The number of nitriles is 1. The van der Waals surface area contributed by atoms with E-state index in [1.807, 2.05) is 32.0 Å². The first-order chi connectivity index (χ1) is 11.6. The van der Waals surface area contributed by atoms with Crippen molar-refractivity contribution < 1.29 is 4.42 Å². The van der Waals surface area contributed by atoms with Crippen LogP contribution in [0.4, 0.5) is 11.6 Å². The number of oxazole rings is 1. The minimum atomic E-state index is 0.115. The van der Waals surface area contributed by atoms with Crippen molar-refractivity contribution in [2.45, 2.75) is 33.6 Å². The maximum absolute atomic E-state index is 9.09. The van der Waals surface area contributed by atoms with E-state index in [1.54, 1.807) is 6.21 Å². The van der Waals surface area contributed by atoms with Crippen LogP contribution in [0.25, 0.3) is 0 Å². The summed E-state index contributed by atoms with van der Waals surface area (Å²) in [5.74, 6) is 0.911. The molecule has 0 saturated heterocycles. The van der Waals surface area contributed by atoms with Crippen LogP contribution in [0.1, 0.15) is 50.8 Å². The van der Waals surface area contributed by atoms with E-state index in [4.69, 9.17) is 9.68 Å². The molecule has 0 aliphatic heterocycles. The first-order valence-electron chi connectivity index (χ1n) is 8.13. The number of nitrogens with zero attached hydrogens (tertiary/aromatic N) is 4. The second-order valence-electron chi connectivity index (χ2n) is 5.63. The highest BCUT2D eigenvalue weighted by molar-refractivity contribution is 5.80. The normalized spacial score (nSPS) is 11.0. The fourth-order valence-electron chi connectivity index (χ4n) is 2.26. The van der Waals surface area contributed by atoms with Crippen molar-refractivity contribution in [2.75, 3.05) is 23.4 Å². The summed E-state index contributed by atoms with van der Waals surface area (Å²) in [6.07, 6.45) is 1.69. The van der Waals surface area contributed by atoms with Crippen molar-refractivity contribution in [1.29, 1.82) is 5.26 Å². The minimum absolute atomic E-state index is 0.115. The number of aromatic nitrogens is 1. The maximum atomic E-state index is 9.09. The first-order valence-corrected chi connectivity index (χ1v) is 8.13. The zero-order chi connectivity index (χ0) is 17.5. The largest absolute Gasteiger partial charge is 0.422 e. The molecule has 1 aromatic carbocycles. The number of anilines is 2. The lowest BCUT2D eigenvalue weighted by atomic mass is 10.2. The van der Waals surface area contributed by atoms with Crippen LogP contribution in [-0.4, -0.2) is 24.3 Å². The van der Waals surface area contributed by atoms with Crippen molar-refractivity contribution in [3.05, 3.63) is 41.4 Å². The zero-order valence-electron chi connectivity index (χ0n) is 14.6. The molecular formula is C18H23N5O. The molecule has 0 atom stereocenters. The Balaban J connectivity index is 2.05. The van der Waals surface area contributed by atoms with Crippen LogP contribution in [0.2, 0.25) is 0 Å². The number of hydrogen-bond acceptors (Lipinski definition) is 6. The van der Waals surface area contributed by atoms with E-state index in [0.29, 0.717) is 5.89 Å². The summed E-state index contributed by atoms with van der Waals surface area (Å²) < 4.78 is 5.52. The smallest absolute Gasteiger partial charge is 0.252 e. The highest BCUT2D eigenvalue weighted by Crippen LogP contribution is 2.22. The lowest BCUT2D eigenvalue weighted by Gasteiger charge is -2.20. The Bertz CT molecular complexity index is 721. The van der Waals surface area contributed by atoms with Gasteiger partial charge in [-0.05, 0) is 31.5 Å². The molecule has 0 radical (unpaired) electrons. The molecule has 0 unspecified atom stereocenters. The summed E-state index contributed by atoms with van der Waals surface area (Å²) >= 11 is 0. The Labute approximate surface area is 142 Å². The van der Waals surface area contributed by atoms with Gasteiger partial charge in [-0.15, -0.1) is 0 Å². The Morgan fingerprint density at radius 2 is 1.96 bits per heavy atom. The van der Waals surface area contributed by atoms with Crippen LogP contribution in [0, 0.1) is 11.3 Å². The average Bonchev–Trinajstić information content (AvgIpc) is 3.01.